The van der Waals surface area contributed by atoms with Crippen molar-refractivity contribution in [3.05, 3.63) is 69.9 Å². The molecule has 0 fully saturated rings. The Balaban J connectivity index is 2.12. The highest BCUT2D eigenvalue weighted by atomic mass is 79.9. The van der Waals surface area contributed by atoms with Crippen LogP contribution in [0.5, 0.6) is 0 Å². The van der Waals surface area contributed by atoms with Gasteiger partial charge in [0, 0.05) is 16.5 Å². The van der Waals surface area contributed by atoms with Crippen LogP contribution < -0.4 is 5.73 Å². The molecule has 0 aromatic heterocycles. The first-order valence-corrected chi connectivity index (χ1v) is 6.80. The van der Waals surface area contributed by atoms with Gasteiger partial charge < -0.3 is 10.8 Å². The SMILES string of the molecule is N[C@@H](c1ccc(Br)cc1F)[C@H](O)Cc1ccccc1. The van der Waals surface area contributed by atoms with Crippen LogP contribution in [-0.4, -0.2) is 11.2 Å². The van der Waals surface area contributed by atoms with Gasteiger partial charge in [-0.3, -0.25) is 0 Å². The fraction of sp³-hybridized carbons (Fsp3) is 0.200. The van der Waals surface area contributed by atoms with Gasteiger partial charge in [0.1, 0.15) is 5.82 Å². The molecule has 0 saturated carbocycles. The van der Waals surface area contributed by atoms with Crippen LogP contribution >= 0.6 is 15.9 Å². The Morgan fingerprint density at radius 1 is 1.16 bits per heavy atom. The van der Waals surface area contributed by atoms with E-state index in [9.17, 15) is 9.50 Å². The molecule has 0 unspecified atom stereocenters. The summed E-state index contributed by atoms with van der Waals surface area (Å²) in [6, 6.07) is 13.4. The lowest BCUT2D eigenvalue weighted by molar-refractivity contribution is 0.143. The van der Waals surface area contributed by atoms with Crippen LogP contribution in [0.25, 0.3) is 0 Å². The molecule has 0 bridgehead atoms. The number of aliphatic hydroxyl groups excluding tert-OH is 1. The maximum absolute atomic E-state index is 13.8. The summed E-state index contributed by atoms with van der Waals surface area (Å²) in [5.74, 6) is -0.408. The van der Waals surface area contributed by atoms with Crippen LogP contribution in [0.15, 0.2) is 53.0 Å². The highest BCUT2D eigenvalue weighted by molar-refractivity contribution is 9.10. The smallest absolute Gasteiger partial charge is 0.129 e. The lowest BCUT2D eigenvalue weighted by atomic mass is 9.96. The minimum Gasteiger partial charge on any atom is -0.391 e. The average molecular weight is 324 g/mol. The monoisotopic (exact) mass is 323 g/mol. The minimum absolute atomic E-state index is 0.326. The van der Waals surface area contributed by atoms with E-state index < -0.39 is 18.0 Å². The van der Waals surface area contributed by atoms with E-state index in [4.69, 9.17) is 5.73 Å². The first-order valence-electron chi connectivity index (χ1n) is 6.00. The van der Waals surface area contributed by atoms with Crippen LogP contribution in [0.1, 0.15) is 17.2 Å². The molecule has 0 aliphatic heterocycles. The molecule has 0 spiro atoms. The van der Waals surface area contributed by atoms with Gasteiger partial charge in [-0.2, -0.15) is 0 Å². The van der Waals surface area contributed by atoms with Crippen molar-refractivity contribution < 1.29 is 9.50 Å². The van der Waals surface area contributed by atoms with Crippen molar-refractivity contribution in [1.29, 1.82) is 0 Å². The fourth-order valence-corrected chi connectivity index (χ4v) is 2.29. The zero-order valence-corrected chi connectivity index (χ0v) is 11.8. The quantitative estimate of drug-likeness (QED) is 0.907. The number of aliphatic hydroxyl groups is 1. The molecule has 2 rings (SSSR count). The summed E-state index contributed by atoms with van der Waals surface area (Å²) >= 11 is 3.19. The predicted octanol–water partition coefficient (Wildman–Crippen LogP) is 3.19. The van der Waals surface area contributed by atoms with Crippen LogP contribution in [0.4, 0.5) is 4.39 Å². The van der Waals surface area contributed by atoms with Crippen LogP contribution in [0, 0.1) is 5.82 Å². The van der Waals surface area contributed by atoms with Gasteiger partial charge in [0.25, 0.3) is 0 Å². The summed E-state index contributed by atoms with van der Waals surface area (Å²) in [6.07, 6.45) is -0.421. The lowest BCUT2D eigenvalue weighted by Crippen LogP contribution is -2.28. The Kier molecular flexibility index (Phi) is 4.69. The number of nitrogens with two attached hydrogens (primary N) is 1. The number of hydrogen-bond donors (Lipinski definition) is 2. The van der Waals surface area contributed by atoms with E-state index >= 15 is 0 Å². The summed E-state index contributed by atoms with van der Waals surface area (Å²) in [6.45, 7) is 0. The minimum atomic E-state index is -0.821. The highest BCUT2D eigenvalue weighted by Crippen LogP contribution is 2.23. The molecule has 0 radical (unpaired) electrons. The van der Waals surface area contributed by atoms with Gasteiger partial charge in [0.05, 0.1) is 12.1 Å². The average Bonchev–Trinajstić information content (AvgIpc) is 2.39. The second kappa shape index (κ2) is 6.28. The summed E-state index contributed by atoms with van der Waals surface area (Å²) in [4.78, 5) is 0. The molecular formula is C15H15BrFNO. The van der Waals surface area contributed by atoms with Crippen molar-refractivity contribution in [2.45, 2.75) is 18.6 Å². The highest BCUT2D eigenvalue weighted by Gasteiger charge is 2.20. The van der Waals surface area contributed by atoms with E-state index in [-0.39, 0.29) is 0 Å². The molecule has 2 nitrogen and oxygen atoms in total. The summed E-state index contributed by atoms with van der Waals surface area (Å²) in [7, 11) is 0. The Bertz CT molecular complexity index is 547. The predicted molar refractivity (Wildman–Crippen MR) is 77.2 cm³/mol. The Morgan fingerprint density at radius 2 is 1.84 bits per heavy atom. The molecule has 0 saturated heterocycles. The van der Waals surface area contributed by atoms with Gasteiger partial charge in [-0.05, 0) is 17.7 Å². The number of halogens is 2. The zero-order chi connectivity index (χ0) is 13.8. The molecule has 2 aromatic rings. The van der Waals surface area contributed by atoms with Crippen molar-refractivity contribution >= 4 is 15.9 Å². The summed E-state index contributed by atoms with van der Waals surface area (Å²) < 4.78 is 14.4. The third-order valence-corrected chi connectivity index (χ3v) is 3.52. The molecule has 0 aliphatic rings. The maximum Gasteiger partial charge on any atom is 0.129 e. The lowest BCUT2D eigenvalue weighted by Gasteiger charge is -2.20. The number of hydrogen-bond acceptors (Lipinski definition) is 2. The van der Waals surface area contributed by atoms with Gasteiger partial charge in [0.2, 0.25) is 0 Å². The van der Waals surface area contributed by atoms with Crippen LogP contribution in [-0.2, 0) is 6.42 Å². The van der Waals surface area contributed by atoms with Crippen molar-refractivity contribution in [2.75, 3.05) is 0 Å². The van der Waals surface area contributed by atoms with Gasteiger partial charge in [0.15, 0.2) is 0 Å². The first kappa shape index (κ1) is 14.2. The molecule has 3 N–H and O–H groups in total. The third kappa shape index (κ3) is 3.62. The van der Waals surface area contributed by atoms with Gasteiger partial charge in [-0.25, -0.2) is 4.39 Å². The van der Waals surface area contributed by atoms with Crippen LogP contribution in [0.3, 0.4) is 0 Å². The van der Waals surface area contributed by atoms with E-state index in [2.05, 4.69) is 15.9 Å². The Labute approximate surface area is 120 Å². The van der Waals surface area contributed by atoms with Gasteiger partial charge in [-0.15, -0.1) is 0 Å². The number of benzene rings is 2. The molecule has 19 heavy (non-hydrogen) atoms. The molecule has 4 heteroatoms. The van der Waals surface area contributed by atoms with Crippen molar-refractivity contribution in [3.63, 3.8) is 0 Å². The third-order valence-electron chi connectivity index (χ3n) is 3.02. The molecular weight excluding hydrogens is 309 g/mol. The van der Waals surface area contributed by atoms with E-state index in [0.29, 0.717) is 16.5 Å². The molecule has 0 aliphatic carbocycles. The van der Waals surface area contributed by atoms with Crippen molar-refractivity contribution in [1.82, 2.24) is 0 Å². The summed E-state index contributed by atoms with van der Waals surface area (Å²) in [5, 5.41) is 10.1. The summed E-state index contributed by atoms with van der Waals surface area (Å²) in [5.41, 5.74) is 7.23. The standard InChI is InChI=1S/C15H15BrFNO/c16-11-6-7-12(13(17)9-11)15(18)14(19)8-10-4-2-1-3-5-10/h1-7,9,14-15,19H,8,18H2/t14-,15+/m1/s1. The molecule has 0 amide bonds. The number of rotatable bonds is 4. The second-order valence-electron chi connectivity index (χ2n) is 4.45. The molecule has 2 aromatic carbocycles. The topological polar surface area (TPSA) is 46.2 Å². The maximum atomic E-state index is 13.8. The second-order valence-corrected chi connectivity index (χ2v) is 5.36. The van der Waals surface area contributed by atoms with Crippen molar-refractivity contribution in [3.8, 4) is 0 Å². The Hall–Kier alpha value is -1.23. The van der Waals surface area contributed by atoms with Crippen molar-refractivity contribution in [2.24, 2.45) is 5.73 Å². The normalized spacial score (nSPS) is 14.1. The van der Waals surface area contributed by atoms with Gasteiger partial charge >= 0.3 is 0 Å². The van der Waals surface area contributed by atoms with E-state index in [1.165, 1.54) is 6.07 Å². The molecule has 2 atom stereocenters. The van der Waals surface area contributed by atoms with E-state index in [1.54, 1.807) is 12.1 Å². The molecule has 100 valence electrons. The van der Waals surface area contributed by atoms with Crippen LogP contribution in [0.2, 0.25) is 0 Å². The van der Waals surface area contributed by atoms with Gasteiger partial charge in [-0.1, -0.05) is 52.3 Å². The Morgan fingerprint density at radius 3 is 2.47 bits per heavy atom. The van der Waals surface area contributed by atoms with E-state index in [1.807, 2.05) is 30.3 Å². The molecule has 0 heterocycles. The first-order chi connectivity index (χ1) is 9.08. The zero-order valence-electron chi connectivity index (χ0n) is 10.3. The fourth-order valence-electron chi connectivity index (χ4n) is 1.96. The van der Waals surface area contributed by atoms with E-state index in [0.717, 1.165) is 5.56 Å². The largest absolute Gasteiger partial charge is 0.391 e.